The van der Waals surface area contributed by atoms with Crippen molar-refractivity contribution in [3.05, 3.63) is 35.5 Å². The van der Waals surface area contributed by atoms with Crippen molar-refractivity contribution in [2.45, 2.75) is 26.3 Å². The van der Waals surface area contributed by atoms with Gasteiger partial charge < -0.3 is 10.6 Å². The van der Waals surface area contributed by atoms with Gasteiger partial charge in [-0.25, -0.2) is 4.98 Å². The third-order valence-electron chi connectivity index (χ3n) is 3.60. The van der Waals surface area contributed by atoms with Crippen LogP contribution in [0.4, 0.5) is 0 Å². The predicted molar refractivity (Wildman–Crippen MR) is 104 cm³/mol. The number of aromatic nitrogens is 2. The van der Waals surface area contributed by atoms with Crippen molar-refractivity contribution < 1.29 is 4.79 Å². The molecule has 134 valence electrons. The first-order valence-corrected chi connectivity index (χ1v) is 8.19. The molecule has 1 amide bonds. The number of nitrogens with two attached hydrogens (primary N) is 1. The van der Waals surface area contributed by atoms with Gasteiger partial charge >= 0.3 is 0 Å². The molecule has 0 aliphatic rings. The summed E-state index contributed by atoms with van der Waals surface area (Å²) >= 11 is 1.37. The standard InChI is InChI=1S/C16H22N4OS.2ClH/c1-11(2)12(17)7-9-20(3)16(21)14-10-19-15(22-14)13-6-4-5-8-18-13;;/h4-6,8,10-12H,7,9,17H2,1-3H3;2*1H. The second-order valence-electron chi connectivity index (χ2n) is 5.67. The third-order valence-corrected chi connectivity index (χ3v) is 4.61. The van der Waals surface area contributed by atoms with Crippen molar-refractivity contribution in [1.82, 2.24) is 14.9 Å². The summed E-state index contributed by atoms with van der Waals surface area (Å²) in [5.74, 6) is 0.401. The van der Waals surface area contributed by atoms with E-state index in [2.05, 4.69) is 23.8 Å². The second kappa shape index (κ2) is 10.6. The average molecular weight is 391 g/mol. The number of rotatable bonds is 6. The van der Waals surface area contributed by atoms with Gasteiger partial charge in [0.05, 0.1) is 11.9 Å². The van der Waals surface area contributed by atoms with Crippen LogP contribution in [0.1, 0.15) is 29.9 Å². The monoisotopic (exact) mass is 390 g/mol. The summed E-state index contributed by atoms with van der Waals surface area (Å²) in [5, 5.41) is 0.760. The molecule has 0 fully saturated rings. The summed E-state index contributed by atoms with van der Waals surface area (Å²) in [6, 6.07) is 5.76. The van der Waals surface area contributed by atoms with Crippen LogP contribution in [0.3, 0.4) is 0 Å². The lowest BCUT2D eigenvalue weighted by Crippen LogP contribution is -2.34. The molecular formula is C16H24Cl2N4OS. The van der Waals surface area contributed by atoms with Gasteiger partial charge in [-0.3, -0.25) is 9.78 Å². The van der Waals surface area contributed by atoms with Gasteiger partial charge in [0.2, 0.25) is 0 Å². The summed E-state index contributed by atoms with van der Waals surface area (Å²) in [5.41, 5.74) is 6.82. The summed E-state index contributed by atoms with van der Waals surface area (Å²) in [4.78, 5) is 23.3. The predicted octanol–water partition coefficient (Wildman–Crippen LogP) is 3.49. The Kier molecular flexibility index (Phi) is 10.1. The number of amides is 1. The Morgan fingerprint density at radius 2 is 2.00 bits per heavy atom. The summed E-state index contributed by atoms with van der Waals surface area (Å²) in [7, 11) is 1.80. The van der Waals surface area contributed by atoms with Crippen molar-refractivity contribution in [2.24, 2.45) is 11.7 Å². The first-order valence-electron chi connectivity index (χ1n) is 7.37. The Balaban J connectivity index is 0.00000264. The van der Waals surface area contributed by atoms with Crippen molar-refractivity contribution >= 4 is 42.1 Å². The normalized spacial score (nSPS) is 11.4. The van der Waals surface area contributed by atoms with Crippen LogP contribution in [0.5, 0.6) is 0 Å². The van der Waals surface area contributed by atoms with E-state index in [0.29, 0.717) is 17.3 Å². The number of hydrogen-bond acceptors (Lipinski definition) is 5. The van der Waals surface area contributed by atoms with E-state index in [1.165, 1.54) is 11.3 Å². The first-order chi connectivity index (χ1) is 10.5. The Bertz CT molecular complexity index is 622. The number of nitrogens with zero attached hydrogens (tertiary/aromatic N) is 3. The van der Waals surface area contributed by atoms with Gasteiger partial charge in [-0.05, 0) is 24.5 Å². The highest BCUT2D eigenvalue weighted by Gasteiger charge is 2.17. The molecule has 0 spiro atoms. The number of halogens is 2. The fraction of sp³-hybridized carbons (Fsp3) is 0.438. The van der Waals surface area contributed by atoms with E-state index >= 15 is 0 Å². The minimum Gasteiger partial charge on any atom is -0.341 e. The van der Waals surface area contributed by atoms with E-state index in [4.69, 9.17) is 5.73 Å². The zero-order valence-corrected chi connectivity index (χ0v) is 16.5. The van der Waals surface area contributed by atoms with E-state index in [9.17, 15) is 4.79 Å². The molecule has 0 saturated heterocycles. The van der Waals surface area contributed by atoms with Crippen molar-refractivity contribution in [3.63, 3.8) is 0 Å². The van der Waals surface area contributed by atoms with Gasteiger partial charge in [0, 0.05) is 25.8 Å². The van der Waals surface area contributed by atoms with Gasteiger partial charge in [-0.15, -0.1) is 36.2 Å². The van der Waals surface area contributed by atoms with Gasteiger partial charge in [-0.2, -0.15) is 0 Å². The highest BCUT2D eigenvalue weighted by Crippen LogP contribution is 2.24. The molecule has 2 heterocycles. The summed E-state index contributed by atoms with van der Waals surface area (Å²) in [6.45, 7) is 4.83. The van der Waals surface area contributed by atoms with Crippen LogP contribution in [0.15, 0.2) is 30.6 Å². The SMILES string of the molecule is CC(C)C(N)CCN(C)C(=O)c1cnc(-c2ccccn2)s1.Cl.Cl. The first kappa shape index (κ1) is 22.8. The number of thiazole rings is 1. The molecule has 2 N–H and O–H groups in total. The number of hydrogen-bond donors (Lipinski definition) is 1. The lowest BCUT2D eigenvalue weighted by molar-refractivity contribution is 0.0793. The molecule has 1 unspecified atom stereocenters. The molecule has 0 saturated carbocycles. The molecule has 2 rings (SSSR count). The lowest BCUT2D eigenvalue weighted by atomic mass is 10.0. The van der Waals surface area contributed by atoms with Crippen LogP contribution in [-0.2, 0) is 0 Å². The van der Waals surface area contributed by atoms with Gasteiger partial charge in [0.25, 0.3) is 5.91 Å². The highest BCUT2D eigenvalue weighted by atomic mass is 35.5. The van der Waals surface area contributed by atoms with E-state index in [1.54, 1.807) is 24.3 Å². The molecule has 1 atom stereocenters. The molecule has 2 aromatic rings. The average Bonchev–Trinajstić information content (AvgIpc) is 3.02. The maximum Gasteiger partial charge on any atom is 0.265 e. The Morgan fingerprint density at radius 1 is 1.29 bits per heavy atom. The maximum absolute atomic E-state index is 12.4. The molecule has 0 aliphatic carbocycles. The number of carbonyl (C=O) groups excluding carboxylic acids is 1. The summed E-state index contributed by atoms with van der Waals surface area (Å²) in [6.07, 6.45) is 4.14. The number of carbonyl (C=O) groups is 1. The minimum absolute atomic E-state index is 0. The van der Waals surface area contributed by atoms with Crippen LogP contribution in [0.25, 0.3) is 10.7 Å². The van der Waals surface area contributed by atoms with Crippen LogP contribution >= 0.6 is 36.2 Å². The van der Waals surface area contributed by atoms with Crippen LogP contribution in [0, 0.1) is 5.92 Å². The zero-order chi connectivity index (χ0) is 16.1. The molecule has 0 aromatic carbocycles. The number of pyridine rings is 1. The van der Waals surface area contributed by atoms with E-state index < -0.39 is 0 Å². The molecule has 8 heteroatoms. The molecule has 2 aromatic heterocycles. The Morgan fingerprint density at radius 3 is 2.58 bits per heavy atom. The van der Waals surface area contributed by atoms with Crippen LogP contribution < -0.4 is 5.73 Å². The zero-order valence-electron chi connectivity index (χ0n) is 14.0. The van der Waals surface area contributed by atoms with Crippen LogP contribution in [0.2, 0.25) is 0 Å². The van der Waals surface area contributed by atoms with E-state index in [0.717, 1.165) is 17.1 Å². The van der Waals surface area contributed by atoms with Crippen molar-refractivity contribution in [2.75, 3.05) is 13.6 Å². The Labute approximate surface area is 159 Å². The fourth-order valence-corrected chi connectivity index (χ4v) is 2.83. The van der Waals surface area contributed by atoms with Crippen molar-refractivity contribution in [3.8, 4) is 10.7 Å². The van der Waals surface area contributed by atoms with E-state index in [1.807, 2.05) is 18.2 Å². The lowest BCUT2D eigenvalue weighted by Gasteiger charge is -2.20. The van der Waals surface area contributed by atoms with Crippen molar-refractivity contribution in [1.29, 1.82) is 0 Å². The molecule has 0 radical (unpaired) electrons. The third kappa shape index (κ3) is 6.02. The highest BCUT2D eigenvalue weighted by molar-refractivity contribution is 7.16. The molecule has 0 aliphatic heterocycles. The fourth-order valence-electron chi connectivity index (χ4n) is 1.95. The Hall–Kier alpha value is -1.21. The quantitative estimate of drug-likeness (QED) is 0.818. The molecule has 24 heavy (non-hydrogen) atoms. The molecule has 5 nitrogen and oxygen atoms in total. The smallest absolute Gasteiger partial charge is 0.265 e. The minimum atomic E-state index is -0.0179. The van der Waals surface area contributed by atoms with Crippen LogP contribution in [-0.4, -0.2) is 40.4 Å². The maximum atomic E-state index is 12.4. The van der Waals surface area contributed by atoms with Gasteiger partial charge in [-0.1, -0.05) is 19.9 Å². The van der Waals surface area contributed by atoms with E-state index in [-0.39, 0.29) is 36.8 Å². The molecular weight excluding hydrogens is 367 g/mol. The molecule has 0 bridgehead atoms. The largest absolute Gasteiger partial charge is 0.341 e. The topological polar surface area (TPSA) is 72.1 Å². The summed E-state index contributed by atoms with van der Waals surface area (Å²) < 4.78 is 0. The second-order valence-corrected chi connectivity index (χ2v) is 6.70. The van der Waals surface area contributed by atoms with Gasteiger partial charge in [0.1, 0.15) is 9.88 Å². The van der Waals surface area contributed by atoms with Gasteiger partial charge in [0.15, 0.2) is 0 Å².